The molecule has 0 radical (unpaired) electrons. The van der Waals surface area contributed by atoms with Gasteiger partial charge in [0.2, 0.25) is 0 Å². The Morgan fingerprint density at radius 2 is 1.97 bits per heavy atom. The molecule has 9 heteroatoms. The molecule has 4 aromatic rings. The fourth-order valence-corrected chi connectivity index (χ4v) is 3.45. The average Bonchev–Trinajstić information content (AvgIpc) is 2.83. The fourth-order valence-electron chi connectivity index (χ4n) is 3.45. The van der Waals surface area contributed by atoms with E-state index in [-0.39, 0.29) is 5.91 Å². The van der Waals surface area contributed by atoms with E-state index >= 15 is 0 Å². The van der Waals surface area contributed by atoms with Crippen molar-refractivity contribution in [3.8, 4) is 23.3 Å². The van der Waals surface area contributed by atoms with Crippen LogP contribution in [0.3, 0.4) is 0 Å². The van der Waals surface area contributed by atoms with Crippen LogP contribution in [-0.2, 0) is 4.79 Å². The molecule has 0 bridgehead atoms. The van der Waals surface area contributed by atoms with Crippen LogP contribution in [0.15, 0.2) is 66.0 Å². The highest BCUT2D eigenvalue weighted by Crippen LogP contribution is 2.30. The number of ether oxygens (including phenoxy) is 1. The third kappa shape index (κ3) is 5.57. The number of nitrogens with one attached hydrogen (secondary N) is 2. The minimum atomic E-state index is -0.375. The van der Waals surface area contributed by atoms with E-state index in [0.717, 1.165) is 22.2 Å². The van der Waals surface area contributed by atoms with Gasteiger partial charge in [-0.25, -0.2) is 9.97 Å². The zero-order valence-corrected chi connectivity index (χ0v) is 19.7. The maximum absolute atomic E-state index is 11.8. The first kappa shape index (κ1) is 23.3. The van der Waals surface area contributed by atoms with E-state index in [1.54, 1.807) is 31.3 Å². The second-order valence-corrected chi connectivity index (χ2v) is 7.59. The van der Waals surface area contributed by atoms with Crippen LogP contribution in [0.1, 0.15) is 19.4 Å². The summed E-state index contributed by atoms with van der Waals surface area (Å²) in [5.41, 5.74) is 3.74. The number of hydrogen-bond acceptors (Lipinski definition) is 7. The van der Waals surface area contributed by atoms with Crippen molar-refractivity contribution in [1.29, 1.82) is 0 Å². The molecule has 0 unspecified atom stereocenters. The topological polar surface area (TPSA) is 119 Å². The number of nitrogens with two attached hydrogens (primary N) is 1. The molecule has 0 spiro atoms. The van der Waals surface area contributed by atoms with Gasteiger partial charge in [0.05, 0.1) is 5.52 Å². The van der Waals surface area contributed by atoms with Gasteiger partial charge in [-0.1, -0.05) is 5.92 Å². The number of anilines is 3. The van der Waals surface area contributed by atoms with Crippen LogP contribution < -0.4 is 26.7 Å². The maximum atomic E-state index is 11.8. The molecule has 2 aromatic carbocycles. The van der Waals surface area contributed by atoms with E-state index < -0.39 is 0 Å². The summed E-state index contributed by atoms with van der Waals surface area (Å²) in [6.45, 7) is 6.15. The molecule has 2 aromatic heterocycles. The van der Waals surface area contributed by atoms with Gasteiger partial charge < -0.3 is 21.2 Å². The predicted molar refractivity (Wildman–Crippen MR) is 137 cm³/mol. The number of benzene rings is 2. The number of hydrogen-bond donors (Lipinski definition) is 3. The summed E-state index contributed by atoms with van der Waals surface area (Å²) < 4.78 is 7.52. The van der Waals surface area contributed by atoms with Crippen molar-refractivity contribution in [3.05, 3.63) is 72.1 Å². The maximum Gasteiger partial charge on any atom is 0.300 e. The predicted octanol–water partition coefficient (Wildman–Crippen LogP) is 3.87. The summed E-state index contributed by atoms with van der Waals surface area (Å²) >= 11 is 0. The standard InChI is InChI=1S/C26H25N7O2/c1-4-6-25(34)31-19-7-9-22-21(14-19)26(30-16-29-22)32-18-8-10-23(17(3)13-18)35-20-11-12-33(27)24(15-20)28-5-2/h7-16H,5,27H2,1-3H3,(H,31,34)(H,29,30,32)/b28-24-. The lowest BCUT2D eigenvalue weighted by Crippen LogP contribution is -2.27. The Kier molecular flexibility index (Phi) is 6.93. The molecule has 0 fully saturated rings. The van der Waals surface area contributed by atoms with Gasteiger partial charge in [-0.15, -0.1) is 0 Å². The second kappa shape index (κ2) is 10.4. The second-order valence-electron chi connectivity index (χ2n) is 7.59. The normalized spacial score (nSPS) is 11.0. The van der Waals surface area contributed by atoms with Gasteiger partial charge in [0.15, 0.2) is 0 Å². The van der Waals surface area contributed by atoms with Crippen LogP contribution in [0.5, 0.6) is 11.5 Å². The minimum absolute atomic E-state index is 0.375. The van der Waals surface area contributed by atoms with Gasteiger partial charge in [-0.2, -0.15) is 0 Å². The highest BCUT2D eigenvalue weighted by molar-refractivity contribution is 6.05. The van der Waals surface area contributed by atoms with Crippen LogP contribution in [0, 0.1) is 18.8 Å². The number of carbonyl (C=O) groups is 1. The fraction of sp³-hybridized carbons (Fsp3) is 0.154. The van der Waals surface area contributed by atoms with E-state index in [1.165, 1.54) is 11.0 Å². The molecular formula is C26H25N7O2. The Balaban J connectivity index is 1.58. The molecule has 9 nitrogen and oxygen atoms in total. The molecule has 176 valence electrons. The molecule has 0 saturated carbocycles. The average molecular weight is 468 g/mol. The van der Waals surface area contributed by atoms with Crippen LogP contribution in [0.2, 0.25) is 0 Å². The lowest BCUT2D eigenvalue weighted by Gasteiger charge is -2.13. The molecule has 1 amide bonds. The summed E-state index contributed by atoms with van der Waals surface area (Å²) in [5, 5.41) is 6.85. The molecular weight excluding hydrogens is 442 g/mol. The van der Waals surface area contributed by atoms with Gasteiger partial charge in [0.25, 0.3) is 5.91 Å². The summed E-state index contributed by atoms with van der Waals surface area (Å²) in [6, 6.07) is 14.8. The van der Waals surface area contributed by atoms with Crippen LogP contribution in [0.4, 0.5) is 17.2 Å². The molecule has 0 atom stereocenters. The van der Waals surface area contributed by atoms with E-state index in [2.05, 4.69) is 37.4 Å². The van der Waals surface area contributed by atoms with Crippen molar-refractivity contribution in [2.45, 2.75) is 20.8 Å². The van der Waals surface area contributed by atoms with Gasteiger partial charge >= 0.3 is 0 Å². The van der Waals surface area contributed by atoms with Crippen LogP contribution in [0.25, 0.3) is 10.9 Å². The number of nitrogen functional groups attached to an aromatic ring is 1. The van der Waals surface area contributed by atoms with Crippen molar-refractivity contribution in [1.82, 2.24) is 14.6 Å². The number of nitrogens with zero attached hydrogens (tertiary/aromatic N) is 4. The monoisotopic (exact) mass is 467 g/mol. The van der Waals surface area contributed by atoms with E-state index in [0.29, 0.717) is 35.0 Å². The van der Waals surface area contributed by atoms with Crippen molar-refractivity contribution in [2.24, 2.45) is 4.99 Å². The minimum Gasteiger partial charge on any atom is -0.457 e. The van der Waals surface area contributed by atoms with Crippen molar-refractivity contribution < 1.29 is 9.53 Å². The Morgan fingerprint density at radius 3 is 2.74 bits per heavy atom. The quantitative estimate of drug-likeness (QED) is 0.293. The number of carbonyl (C=O) groups excluding carboxylic acids is 1. The van der Waals surface area contributed by atoms with E-state index in [4.69, 9.17) is 10.6 Å². The first-order valence-electron chi connectivity index (χ1n) is 11.0. The zero-order chi connectivity index (χ0) is 24.8. The van der Waals surface area contributed by atoms with Crippen molar-refractivity contribution >= 4 is 34.0 Å². The third-order valence-electron chi connectivity index (χ3n) is 5.05. The Labute approximate surface area is 202 Å². The molecule has 0 aliphatic carbocycles. The van der Waals surface area contributed by atoms with Crippen LogP contribution >= 0.6 is 0 Å². The molecule has 4 N–H and O–H groups in total. The molecule has 35 heavy (non-hydrogen) atoms. The van der Waals surface area contributed by atoms with Crippen molar-refractivity contribution in [3.63, 3.8) is 0 Å². The van der Waals surface area contributed by atoms with Gasteiger partial charge in [0, 0.05) is 35.6 Å². The number of fused-ring (bicyclic) bond motifs is 1. The van der Waals surface area contributed by atoms with Gasteiger partial charge in [-0.3, -0.25) is 14.5 Å². The lowest BCUT2D eigenvalue weighted by molar-refractivity contribution is -0.111. The van der Waals surface area contributed by atoms with E-state index in [1.807, 2.05) is 44.2 Å². The number of rotatable bonds is 6. The Bertz CT molecular complexity index is 1530. The highest BCUT2D eigenvalue weighted by atomic mass is 16.5. The first-order chi connectivity index (χ1) is 17.0. The summed E-state index contributed by atoms with van der Waals surface area (Å²) in [7, 11) is 0. The lowest BCUT2D eigenvalue weighted by atomic mass is 10.1. The van der Waals surface area contributed by atoms with E-state index in [9.17, 15) is 4.79 Å². The Morgan fingerprint density at radius 1 is 1.14 bits per heavy atom. The largest absolute Gasteiger partial charge is 0.457 e. The summed E-state index contributed by atoms with van der Waals surface area (Å²) in [6.07, 6.45) is 3.20. The summed E-state index contributed by atoms with van der Waals surface area (Å²) in [4.78, 5) is 24.9. The molecule has 4 rings (SSSR count). The molecule has 0 saturated heterocycles. The first-order valence-corrected chi connectivity index (χ1v) is 11.0. The zero-order valence-electron chi connectivity index (χ0n) is 19.7. The highest BCUT2D eigenvalue weighted by Gasteiger charge is 2.09. The smallest absolute Gasteiger partial charge is 0.300 e. The summed E-state index contributed by atoms with van der Waals surface area (Å²) in [5.74, 6) is 12.5. The number of aromatic nitrogens is 3. The number of aryl methyl sites for hydroxylation is 1. The number of amides is 1. The van der Waals surface area contributed by atoms with Crippen LogP contribution in [-0.4, -0.2) is 27.1 Å². The third-order valence-corrected chi connectivity index (χ3v) is 5.05. The molecule has 0 aliphatic heterocycles. The Hall–Kier alpha value is -4.84. The molecule has 0 aliphatic rings. The van der Waals surface area contributed by atoms with Gasteiger partial charge in [-0.05, 0) is 74.7 Å². The molecule has 2 heterocycles. The number of pyridine rings is 1. The van der Waals surface area contributed by atoms with Crippen molar-refractivity contribution in [2.75, 3.05) is 23.0 Å². The SMILES string of the molecule is CC#CC(=O)Nc1ccc2ncnc(Nc3ccc(Oc4ccn(N)/c(=N\CC)c4)c(C)c3)c2c1. The van der Waals surface area contributed by atoms with Gasteiger partial charge in [0.1, 0.15) is 29.1 Å².